The number of hydrogen-bond donors (Lipinski definition) is 2. The van der Waals surface area contributed by atoms with Gasteiger partial charge in [-0.05, 0) is 48.5 Å². The second kappa shape index (κ2) is 10.9. The van der Waals surface area contributed by atoms with Crippen molar-refractivity contribution in [3.8, 4) is 0 Å². The lowest BCUT2D eigenvalue weighted by atomic mass is 10.2. The van der Waals surface area contributed by atoms with Crippen LogP contribution in [0.2, 0.25) is 0 Å². The van der Waals surface area contributed by atoms with Gasteiger partial charge in [-0.2, -0.15) is 0 Å². The Balaban J connectivity index is 1.94. The summed E-state index contributed by atoms with van der Waals surface area (Å²) >= 11 is 6.63. The molecule has 7 nitrogen and oxygen atoms in total. The molecule has 2 aromatic rings. The van der Waals surface area contributed by atoms with Gasteiger partial charge >= 0.3 is 5.97 Å². The Morgan fingerprint density at radius 3 is 1.57 bits per heavy atom. The SMILES string of the molecule is COC(=O)CN(CNC(=O)c1ccc(Br)cc1)CNC(=O)c1ccc(Br)cc1. The second-order valence-corrected chi connectivity index (χ2v) is 7.58. The van der Waals surface area contributed by atoms with Gasteiger partial charge in [0.2, 0.25) is 0 Å². The Labute approximate surface area is 179 Å². The van der Waals surface area contributed by atoms with Crippen LogP contribution in [0.3, 0.4) is 0 Å². The Bertz CT molecular complexity index is 765. The minimum absolute atomic E-state index is 0.0601. The molecule has 2 amide bonds. The van der Waals surface area contributed by atoms with Gasteiger partial charge < -0.3 is 15.4 Å². The van der Waals surface area contributed by atoms with E-state index in [1.165, 1.54) is 7.11 Å². The Morgan fingerprint density at radius 2 is 1.21 bits per heavy atom. The van der Waals surface area contributed by atoms with Gasteiger partial charge in [-0.3, -0.25) is 19.3 Å². The van der Waals surface area contributed by atoms with Crippen LogP contribution < -0.4 is 10.6 Å². The van der Waals surface area contributed by atoms with E-state index in [9.17, 15) is 14.4 Å². The van der Waals surface area contributed by atoms with Crippen LogP contribution in [0.1, 0.15) is 20.7 Å². The highest BCUT2D eigenvalue weighted by atomic mass is 79.9. The maximum Gasteiger partial charge on any atom is 0.319 e. The Kier molecular flexibility index (Phi) is 8.62. The summed E-state index contributed by atoms with van der Waals surface area (Å²) in [6.07, 6.45) is 0. The van der Waals surface area contributed by atoms with E-state index in [2.05, 4.69) is 47.2 Å². The van der Waals surface area contributed by atoms with E-state index in [0.29, 0.717) is 11.1 Å². The molecule has 0 aliphatic rings. The van der Waals surface area contributed by atoms with Crippen molar-refractivity contribution in [2.75, 3.05) is 27.0 Å². The predicted octanol–water partition coefficient (Wildman–Crippen LogP) is 2.76. The number of amides is 2. The second-order valence-electron chi connectivity index (χ2n) is 5.75. The van der Waals surface area contributed by atoms with Crippen molar-refractivity contribution in [2.24, 2.45) is 0 Å². The van der Waals surface area contributed by atoms with Gasteiger partial charge in [0.15, 0.2) is 0 Å². The highest BCUT2D eigenvalue weighted by Gasteiger charge is 2.15. The van der Waals surface area contributed by atoms with Crippen LogP contribution in [0.4, 0.5) is 0 Å². The molecule has 0 heterocycles. The molecule has 2 aromatic carbocycles. The molecule has 0 radical (unpaired) electrons. The molecule has 0 saturated carbocycles. The van der Waals surface area contributed by atoms with Gasteiger partial charge in [-0.25, -0.2) is 0 Å². The fourth-order valence-corrected chi connectivity index (χ4v) is 2.72. The molecule has 0 aliphatic carbocycles. The molecule has 28 heavy (non-hydrogen) atoms. The lowest BCUT2D eigenvalue weighted by molar-refractivity contribution is -0.142. The number of methoxy groups -OCH3 is 1. The number of nitrogens with zero attached hydrogens (tertiary/aromatic N) is 1. The number of halogens is 2. The van der Waals surface area contributed by atoms with Crippen molar-refractivity contribution in [3.63, 3.8) is 0 Å². The van der Waals surface area contributed by atoms with Crippen molar-refractivity contribution in [1.82, 2.24) is 15.5 Å². The quantitative estimate of drug-likeness (QED) is 0.419. The number of esters is 1. The van der Waals surface area contributed by atoms with E-state index in [1.54, 1.807) is 53.4 Å². The zero-order chi connectivity index (χ0) is 20.5. The summed E-state index contributed by atoms with van der Waals surface area (Å²) in [5.41, 5.74) is 0.972. The molecule has 0 fully saturated rings. The number of ether oxygens (including phenoxy) is 1. The van der Waals surface area contributed by atoms with Crippen LogP contribution >= 0.6 is 31.9 Å². The third-order valence-electron chi connectivity index (χ3n) is 3.72. The number of benzene rings is 2. The average Bonchev–Trinajstić information content (AvgIpc) is 2.70. The summed E-state index contributed by atoms with van der Waals surface area (Å²) in [5, 5.41) is 5.45. The van der Waals surface area contributed by atoms with Crippen molar-refractivity contribution in [3.05, 3.63) is 68.6 Å². The van der Waals surface area contributed by atoms with Crippen molar-refractivity contribution in [1.29, 1.82) is 0 Å². The molecule has 2 rings (SSSR count). The van der Waals surface area contributed by atoms with Crippen molar-refractivity contribution in [2.45, 2.75) is 0 Å². The number of carbonyl (C=O) groups is 3. The van der Waals surface area contributed by atoms with E-state index in [1.807, 2.05) is 0 Å². The predicted molar refractivity (Wildman–Crippen MR) is 112 cm³/mol. The van der Waals surface area contributed by atoms with Gasteiger partial charge in [-0.15, -0.1) is 0 Å². The minimum Gasteiger partial charge on any atom is -0.468 e. The fraction of sp³-hybridized carbons (Fsp3) is 0.211. The summed E-state index contributed by atoms with van der Waals surface area (Å²) in [5.74, 6) is -1.06. The van der Waals surface area contributed by atoms with E-state index in [4.69, 9.17) is 0 Å². The van der Waals surface area contributed by atoms with E-state index in [-0.39, 0.29) is 31.7 Å². The van der Waals surface area contributed by atoms with Crippen LogP contribution in [0.15, 0.2) is 57.5 Å². The van der Waals surface area contributed by atoms with Gasteiger partial charge in [0.1, 0.15) is 0 Å². The first-order valence-corrected chi connectivity index (χ1v) is 9.84. The van der Waals surface area contributed by atoms with Crippen LogP contribution in [0.5, 0.6) is 0 Å². The molecular formula is C19H19Br2N3O4. The molecule has 148 valence electrons. The van der Waals surface area contributed by atoms with Gasteiger partial charge in [0.25, 0.3) is 11.8 Å². The summed E-state index contributed by atoms with van der Waals surface area (Å²) in [7, 11) is 1.28. The first-order valence-electron chi connectivity index (χ1n) is 8.25. The molecule has 0 unspecified atom stereocenters. The van der Waals surface area contributed by atoms with Crippen LogP contribution in [-0.4, -0.2) is 49.7 Å². The number of carbonyl (C=O) groups excluding carboxylic acids is 3. The third-order valence-corrected chi connectivity index (χ3v) is 4.78. The average molecular weight is 513 g/mol. The maximum atomic E-state index is 12.2. The molecule has 0 aromatic heterocycles. The molecular weight excluding hydrogens is 494 g/mol. The monoisotopic (exact) mass is 511 g/mol. The summed E-state index contributed by atoms with van der Waals surface area (Å²) < 4.78 is 6.41. The van der Waals surface area contributed by atoms with Crippen LogP contribution in [0.25, 0.3) is 0 Å². The maximum absolute atomic E-state index is 12.2. The van der Waals surface area contributed by atoms with Crippen LogP contribution in [-0.2, 0) is 9.53 Å². The molecule has 0 aliphatic heterocycles. The third kappa shape index (κ3) is 7.06. The highest BCUT2D eigenvalue weighted by Crippen LogP contribution is 2.11. The number of rotatable bonds is 8. The molecule has 0 saturated heterocycles. The largest absolute Gasteiger partial charge is 0.468 e. The molecule has 0 spiro atoms. The topological polar surface area (TPSA) is 87.7 Å². The van der Waals surface area contributed by atoms with Gasteiger partial charge in [-0.1, -0.05) is 31.9 Å². The standard InChI is InChI=1S/C19H19Br2N3O4/c1-28-17(25)10-24(11-22-18(26)13-2-6-15(20)7-3-13)12-23-19(27)14-4-8-16(21)9-5-14/h2-9H,10-12H2,1H3,(H,22,26)(H,23,27). The van der Waals surface area contributed by atoms with E-state index >= 15 is 0 Å². The van der Waals surface area contributed by atoms with Crippen molar-refractivity contribution >= 4 is 49.6 Å². The van der Waals surface area contributed by atoms with Gasteiger partial charge in [0.05, 0.1) is 27.0 Å². The molecule has 2 N–H and O–H groups in total. The first-order chi connectivity index (χ1) is 13.4. The molecule has 0 bridgehead atoms. The number of hydrogen-bond acceptors (Lipinski definition) is 5. The number of nitrogens with one attached hydrogen (secondary N) is 2. The Morgan fingerprint density at radius 1 is 0.821 bits per heavy atom. The first kappa shape index (κ1) is 22.1. The van der Waals surface area contributed by atoms with Crippen molar-refractivity contribution < 1.29 is 19.1 Å². The fourth-order valence-electron chi connectivity index (χ4n) is 2.19. The van der Waals surface area contributed by atoms with Gasteiger partial charge in [0, 0.05) is 20.1 Å². The van der Waals surface area contributed by atoms with Crippen LogP contribution in [0, 0.1) is 0 Å². The normalized spacial score (nSPS) is 10.4. The lowest BCUT2D eigenvalue weighted by Gasteiger charge is -2.22. The summed E-state index contributed by atoms with van der Waals surface area (Å²) in [4.78, 5) is 37.7. The zero-order valence-corrected chi connectivity index (χ0v) is 18.2. The lowest BCUT2D eigenvalue weighted by Crippen LogP contribution is -2.46. The molecule has 0 atom stereocenters. The smallest absolute Gasteiger partial charge is 0.319 e. The zero-order valence-electron chi connectivity index (χ0n) is 15.1. The highest BCUT2D eigenvalue weighted by molar-refractivity contribution is 9.10. The summed E-state index contributed by atoms with van der Waals surface area (Å²) in [6.45, 7) is 0.0347. The van der Waals surface area contributed by atoms with E-state index in [0.717, 1.165) is 8.95 Å². The summed E-state index contributed by atoms with van der Waals surface area (Å²) in [6, 6.07) is 13.8. The van der Waals surface area contributed by atoms with E-state index < -0.39 is 5.97 Å². The Hall–Kier alpha value is -2.23. The molecule has 9 heteroatoms. The minimum atomic E-state index is -0.476.